The van der Waals surface area contributed by atoms with Gasteiger partial charge < -0.3 is 20.4 Å². The van der Waals surface area contributed by atoms with Crippen molar-refractivity contribution in [3.05, 3.63) is 18.2 Å². The Morgan fingerprint density at radius 1 is 1.53 bits per heavy atom. The van der Waals surface area contributed by atoms with Crippen LogP contribution >= 0.6 is 0 Å². The van der Waals surface area contributed by atoms with Gasteiger partial charge >= 0.3 is 0 Å². The summed E-state index contributed by atoms with van der Waals surface area (Å²) in [6, 6.07) is 5.53. The lowest BCUT2D eigenvalue weighted by Crippen LogP contribution is -2.28. The minimum Gasteiger partial charge on any atom is -0.424 e. The van der Waals surface area contributed by atoms with Crippen LogP contribution in [0.15, 0.2) is 22.6 Å². The molecule has 1 amide bonds. The van der Waals surface area contributed by atoms with Gasteiger partial charge in [-0.1, -0.05) is 0 Å². The molecular formula is C11H14N4O2. The highest BCUT2D eigenvalue weighted by Gasteiger charge is 2.08. The highest BCUT2D eigenvalue weighted by Crippen LogP contribution is 2.20. The zero-order chi connectivity index (χ0) is 12.4. The standard InChI is InChI=1S/C11H14N4O2/c1-15(2)10(16)6-13-11-14-8-5-7(12)3-4-9(8)17-11/h3-5H,6,12H2,1-2H3,(H,13,14). The number of nitrogens with one attached hydrogen (secondary N) is 1. The second-order valence-corrected chi connectivity index (χ2v) is 3.89. The summed E-state index contributed by atoms with van der Waals surface area (Å²) < 4.78 is 5.40. The lowest BCUT2D eigenvalue weighted by atomic mass is 10.3. The van der Waals surface area contributed by atoms with E-state index in [4.69, 9.17) is 10.2 Å². The van der Waals surface area contributed by atoms with E-state index in [1.807, 2.05) is 0 Å². The van der Waals surface area contributed by atoms with E-state index in [9.17, 15) is 4.79 Å². The Kier molecular flexibility index (Phi) is 2.86. The molecule has 1 heterocycles. The molecule has 90 valence electrons. The number of anilines is 2. The van der Waals surface area contributed by atoms with Crippen LogP contribution in [0.5, 0.6) is 0 Å². The number of hydrogen-bond donors (Lipinski definition) is 2. The molecule has 2 aromatic rings. The second-order valence-electron chi connectivity index (χ2n) is 3.89. The van der Waals surface area contributed by atoms with Crippen LogP contribution in [0.4, 0.5) is 11.7 Å². The van der Waals surface area contributed by atoms with Crippen molar-refractivity contribution in [3.63, 3.8) is 0 Å². The van der Waals surface area contributed by atoms with Crippen molar-refractivity contribution >= 4 is 28.7 Å². The van der Waals surface area contributed by atoms with Crippen molar-refractivity contribution in [2.75, 3.05) is 31.7 Å². The lowest BCUT2D eigenvalue weighted by molar-refractivity contribution is -0.126. The molecule has 0 saturated heterocycles. The van der Waals surface area contributed by atoms with Gasteiger partial charge in [-0.3, -0.25) is 4.79 Å². The zero-order valence-corrected chi connectivity index (χ0v) is 9.73. The molecule has 17 heavy (non-hydrogen) atoms. The number of likely N-dealkylation sites (N-methyl/N-ethyl adjacent to an activating group) is 1. The number of carbonyl (C=O) groups excluding carboxylic acids is 1. The normalized spacial score (nSPS) is 10.5. The summed E-state index contributed by atoms with van der Waals surface area (Å²) in [5.74, 6) is -0.0493. The molecule has 0 radical (unpaired) electrons. The van der Waals surface area contributed by atoms with Crippen molar-refractivity contribution in [1.29, 1.82) is 0 Å². The van der Waals surface area contributed by atoms with E-state index in [-0.39, 0.29) is 12.5 Å². The first-order valence-corrected chi connectivity index (χ1v) is 5.16. The maximum Gasteiger partial charge on any atom is 0.296 e. The number of nitrogens with zero attached hydrogens (tertiary/aromatic N) is 2. The van der Waals surface area contributed by atoms with Crippen molar-refractivity contribution in [3.8, 4) is 0 Å². The van der Waals surface area contributed by atoms with Gasteiger partial charge in [0.1, 0.15) is 5.52 Å². The number of nitrogens with two attached hydrogens (primary N) is 1. The van der Waals surface area contributed by atoms with E-state index in [1.54, 1.807) is 32.3 Å². The summed E-state index contributed by atoms with van der Waals surface area (Å²) in [7, 11) is 3.38. The highest BCUT2D eigenvalue weighted by atomic mass is 16.4. The number of carbonyl (C=O) groups is 1. The Labute approximate surface area is 98.4 Å². The number of hydrogen-bond acceptors (Lipinski definition) is 5. The van der Waals surface area contributed by atoms with Crippen LogP contribution in [0.2, 0.25) is 0 Å². The third-order valence-corrected chi connectivity index (χ3v) is 2.30. The van der Waals surface area contributed by atoms with Gasteiger partial charge in [0.05, 0.1) is 6.54 Å². The molecule has 0 aliphatic rings. The molecule has 1 aromatic heterocycles. The van der Waals surface area contributed by atoms with Gasteiger partial charge in [-0.15, -0.1) is 0 Å². The predicted molar refractivity (Wildman–Crippen MR) is 65.6 cm³/mol. The second kappa shape index (κ2) is 4.32. The molecule has 6 heteroatoms. The number of aromatic nitrogens is 1. The Morgan fingerprint density at radius 3 is 3.00 bits per heavy atom. The molecule has 0 atom stereocenters. The molecule has 2 rings (SSSR count). The van der Waals surface area contributed by atoms with Crippen LogP contribution in [-0.4, -0.2) is 36.4 Å². The zero-order valence-electron chi connectivity index (χ0n) is 9.73. The Balaban J connectivity index is 2.12. The van der Waals surface area contributed by atoms with E-state index in [0.29, 0.717) is 22.8 Å². The van der Waals surface area contributed by atoms with Crippen LogP contribution in [0.3, 0.4) is 0 Å². The summed E-state index contributed by atoms with van der Waals surface area (Å²) in [5.41, 5.74) is 7.57. The lowest BCUT2D eigenvalue weighted by Gasteiger charge is -2.09. The van der Waals surface area contributed by atoms with Crippen molar-refractivity contribution < 1.29 is 9.21 Å². The maximum absolute atomic E-state index is 11.4. The van der Waals surface area contributed by atoms with Gasteiger partial charge in [0.15, 0.2) is 5.58 Å². The van der Waals surface area contributed by atoms with Crippen molar-refractivity contribution in [2.45, 2.75) is 0 Å². The molecular weight excluding hydrogens is 220 g/mol. The van der Waals surface area contributed by atoms with Gasteiger partial charge in [-0.2, -0.15) is 4.98 Å². The Morgan fingerprint density at radius 2 is 2.29 bits per heavy atom. The molecule has 3 N–H and O–H groups in total. The van der Waals surface area contributed by atoms with Crippen LogP contribution in [0, 0.1) is 0 Å². The predicted octanol–water partition coefficient (Wildman–Crippen LogP) is 0.910. The molecule has 0 unspecified atom stereocenters. The minimum absolute atomic E-state index is 0.0493. The molecule has 0 aliphatic heterocycles. The summed E-state index contributed by atoms with van der Waals surface area (Å²) in [4.78, 5) is 17.0. The number of oxazole rings is 1. The largest absolute Gasteiger partial charge is 0.424 e. The average molecular weight is 234 g/mol. The van der Waals surface area contributed by atoms with E-state index in [2.05, 4.69) is 10.3 Å². The summed E-state index contributed by atoms with van der Waals surface area (Å²) in [6.45, 7) is 0.148. The minimum atomic E-state index is -0.0493. The number of benzene rings is 1. The number of amides is 1. The fraction of sp³-hybridized carbons (Fsp3) is 0.273. The molecule has 0 fully saturated rings. The fourth-order valence-corrected chi connectivity index (χ4v) is 1.33. The van der Waals surface area contributed by atoms with Gasteiger partial charge in [-0.05, 0) is 18.2 Å². The van der Waals surface area contributed by atoms with E-state index in [1.165, 1.54) is 4.90 Å². The first-order valence-electron chi connectivity index (χ1n) is 5.16. The molecule has 0 bridgehead atoms. The fourth-order valence-electron chi connectivity index (χ4n) is 1.33. The van der Waals surface area contributed by atoms with Gasteiger partial charge in [-0.25, -0.2) is 0 Å². The van der Waals surface area contributed by atoms with Crippen LogP contribution in [-0.2, 0) is 4.79 Å². The van der Waals surface area contributed by atoms with Gasteiger partial charge in [0, 0.05) is 19.8 Å². The highest BCUT2D eigenvalue weighted by molar-refractivity contribution is 5.81. The number of nitrogen functional groups attached to an aromatic ring is 1. The van der Waals surface area contributed by atoms with Gasteiger partial charge in [0.2, 0.25) is 5.91 Å². The summed E-state index contributed by atoms with van der Waals surface area (Å²) in [6.07, 6.45) is 0. The first-order chi connectivity index (χ1) is 8.06. The topological polar surface area (TPSA) is 84.4 Å². The van der Waals surface area contributed by atoms with Crippen LogP contribution in [0.1, 0.15) is 0 Å². The average Bonchev–Trinajstić information content (AvgIpc) is 2.67. The summed E-state index contributed by atoms with van der Waals surface area (Å²) >= 11 is 0. The number of rotatable bonds is 3. The summed E-state index contributed by atoms with van der Waals surface area (Å²) in [5, 5.41) is 2.82. The third-order valence-electron chi connectivity index (χ3n) is 2.30. The van der Waals surface area contributed by atoms with Crippen LogP contribution in [0.25, 0.3) is 11.1 Å². The molecule has 0 aliphatic carbocycles. The van der Waals surface area contributed by atoms with E-state index < -0.39 is 0 Å². The Hall–Kier alpha value is -2.24. The smallest absolute Gasteiger partial charge is 0.296 e. The molecule has 1 aromatic carbocycles. The monoisotopic (exact) mass is 234 g/mol. The third kappa shape index (κ3) is 2.47. The van der Waals surface area contributed by atoms with Crippen LogP contribution < -0.4 is 11.1 Å². The number of fused-ring (bicyclic) bond motifs is 1. The van der Waals surface area contributed by atoms with Gasteiger partial charge in [0.25, 0.3) is 6.01 Å². The quantitative estimate of drug-likeness (QED) is 0.771. The maximum atomic E-state index is 11.4. The Bertz CT molecular complexity index is 547. The molecule has 6 nitrogen and oxygen atoms in total. The SMILES string of the molecule is CN(C)C(=O)CNc1nc2cc(N)ccc2o1. The van der Waals surface area contributed by atoms with E-state index in [0.717, 1.165) is 0 Å². The van der Waals surface area contributed by atoms with E-state index >= 15 is 0 Å². The molecule has 0 saturated carbocycles. The molecule has 0 spiro atoms. The first kappa shape index (κ1) is 11.3. The van der Waals surface area contributed by atoms with Crippen molar-refractivity contribution in [2.24, 2.45) is 0 Å². The van der Waals surface area contributed by atoms with Crippen molar-refractivity contribution in [1.82, 2.24) is 9.88 Å².